The van der Waals surface area contributed by atoms with E-state index >= 15 is 0 Å². The first-order chi connectivity index (χ1) is 4.70. The lowest BCUT2D eigenvalue weighted by Crippen LogP contribution is -2.18. The summed E-state index contributed by atoms with van der Waals surface area (Å²) < 4.78 is 0. The van der Waals surface area contributed by atoms with Crippen LogP contribution in [0.15, 0.2) is 0 Å². The molecule has 0 bridgehead atoms. The van der Waals surface area contributed by atoms with Crippen LogP contribution in [0.4, 0.5) is 0 Å². The van der Waals surface area contributed by atoms with Crippen LogP contribution in [0.1, 0.15) is 13.3 Å². The molecule has 10 heavy (non-hydrogen) atoms. The van der Waals surface area contributed by atoms with Gasteiger partial charge in [-0.05, 0) is 0 Å². The number of carbonyl (C=O) groups is 2. The molecule has 0 spiro atoms. The van der Waals surface area contributed by atoms with E-state index in [-0.39, 0.29) is 13.0 Å². The third kappa shape index (κ3) is 3.85. The van der Waals surface area contributed by atoms with Gasteiger partial charge in [0.25, 0.3) is 0 Å². The van der Waals surface area contributed by atoms with Crippen molar-refractivity contribution in [1.29, 1.82) is 0 Å². The molecule has 0 saturated heterocycles. The Hall–Kier alpha value is -1.10. The second-order valence-electron chi connectivity index (χ2n) is 1.47. The molecule has 0 heterocycles. The predicted octanol–water partition coefficient (Wildman–Crippen LogP) is -0.644. The highest BCUT2D eigenvalue weighted by Crippen LogP contribution is 1.85. The van der Waals surface area contributed by atoms with E-state index in [1.807, 2.05) is 0 Å². The summed E-state index contributed by atoms with van der Waals surface area (Å²) >= 11 is 0. The van der Waals surface area contributed by atoms with Crippen molar-refractivity contribution in [3.05, 3.63) is 0 Å². The predicted molar refractivity (Wildman–Crippen MR) is 31.5 cm³/mol. The molecule has 0 fully saturated rings. The van der Waals surface area contributed by atoms with E-state index < -0.39 is 11.9 Å². The Morgan fingerprint density at radius 2 is 1.80 bits per heavy atom. The van der Waals surface area contributed by atoms with E-state index in [0.29, 0.717) is 0 Å². The molecule has 0 amide bonds. The van der Waals surface area contributed by atoms with E-state index in [1.54, 1.807) is 6.92 Å². The van der Waals surface area contributed by atoms with Gasteiger partial charge in [-0.3, -0.25) is 0 Å². The second-order valence-corrected chi connectivity index (χ2v) is 1.47. The zero-order chi connectivity index (χ0) is 7.98. The first-order valence-corrected chi connectivity index (χ1v) is 2.81. The summed E-state index contributed by atoms with van der Waals surface area (Å²) in [5, 5.41) is 0. The van der Waals surface area contributed by atoms with Gasteiger partial charge in [0.15, 0.2) is 0 Å². The van der Waals surface area contributed by atoms with Crippen LogP contribution in [0.3, 0.4) is 0 Å². The number of nitrogens with two attached hydrogens (primary N) is 1. The van der Waals surface area contributed by atoms with Gasteiger partial charge in [0.05, 0.1) is 6.54 Å². The molecule has 0 aromatic carbocycles. The Morgan fingerprint density at radius 1 is 1.30 bits per heavy atom. The van der Waals surface area contributed by atoms with Gasteiger partial charge in [0.1, 0.15) is 0 Å². The van der Waals surface area contributed by atoms with Crippen molar-refractivity contribution in [1.82, 2.24) is 0 Å². The van der Waals surface area contributed by atoms with Crippen molar-refractivity contribution in [3.63, 3.8) is 0 Å². The average molecular weight is 147 g/mol. The topological polar surface area (TPSA) is 78.6 Å². The van der Waals surface area contributed by atoms with Crippen LogP contribution in [0.5, 0.6) is 0 Å². The first-order valence-electron chi connectivity index (χ1n) is 2.81. The highest BCUT2D eigenvalue weighted by Gasteiger charge is 2.03. The summed E-state index contributed by atoms with van der Waals surface area (Å²) in [5.74, 6) is -1.36. The Balaban J connectivity index is 3.35. The van der Waals surface area contributed by atoms with E-state index in [9.17, 15) is 9.59 Å². The van der Waals surface area contributed by atoms with Crippen molar-refractivity contribution >= 4 is 11.9 Å². The van der Waals surface area contributed by atoms with Gasteiger partial charge in [-0.2, -0.15) is 0 Å². The Kier molecular flexibility index (Phi) is 4.23. The second kappa shape index (κ2) is 4.75. The molecule has 0 aromatic rings. The standard InChI is InChI=1S/C5H9NO4/c1-2-4(7)9-10-5(8)3-6/h2-3,6H2,1H3. The van der Waals surface area contributed by atoms with Crippen LogP contribution in [-0.4, -0.2) is 18.5 Å². The van der Waals surface area contributed by atoms with Gasteiger partial charge in [0.2, 0.25) is 0 Å². The molecular formula is C5H9NO4. The van der Waals surface area contributed by atoms with Crippen LogP contribution < -0.4 is 5.73 Å². The van der Waals surface area contributed by atoms with Crippen LogP contribution in [-0.2, 0) is 19.4 Å². The van der Waals surface area contributed by atoms with Gasteiger partial charge in [-0.15, -0.1) is 0 Å². The van der Waals surface area contributed by atoms with E-state index in [0.717, 1.165) is 0 Å². The Bertz CT molecular complexity index is 118. The molecule has 0 saturated carbocycles. The van der Waals surface area contributed by atoms with Gasteiger partial charge in [-0.25, -0.2) is 19.4 Å². The van der Waals surface area contributed by atoms with Gasteiger partial charge in [0, 0.05) is 6.42 Å². The van der Waals surface area contributed by atoms with Gasteiger partial charge < -0.3 is 5.73 Å². The van der Waals surface area contributed by atoms with Gasteiger partial charge >= 0.3 is 11.9 Å². The molecule has 58 valence electrons. The van der Waals surface area contributed by atoms with E-state index in [2.05, 4.69) is 9.78 Å². The van der Waals surface area contributed by atoms with Crippen LogP contribution in [0, 0.1) is 0 Å². The maximum atomic E-state index is 10.3. The van der Waals surface area contributed by atoms with Crippen LogP contribution in [0.2, 0.25) is 0 Å². The molecule has 0 aliphatic rings. The maximum absolute atomic E-state index is 10.3. The summed E-state index contributed by atoms with van der Waals surface area (Å²) in [7, 11) is 0. The zero-order valence-corrected chi connectivity index (χ0v) is 5.62. The summed E-state index contributed by atoms with van der Waals surface area (Å²) in [5.41, 5.74) is 4.83. The Labute approximate surface area is 58.0 Å². The minimum Gasteiger partial charge on any atom is -0.321 e. The molecule has 0 rings (SSSR count). The molecule has 5 nitrogen and oxygen atoms in total. The van der Waals surface area contributed by atoms with Crippen molar-refractivity contribution in [3.8, 4) is 0 Å². The summed E-state index contributed by atoms with van der Waals surface area (Å²) in [6.45, 7) is 1.29. The highest BCUT2D eigenvalue weighted by molar-refractivity contribution is 5.73. The monoisotopic (exact) mass is 147 g/mol. The number of rotatable bonds is 2. The molecule has 0 aliphatic carbocycles. The lowest BCUT2D eigenvalue weighted by Gasteiger charge is -1.97. The van der Waals surface area contributed by atoms with E-state index in [4.69, 9.17) is 5.73 Å². The summed E-state index contributed by atoms with van der Waals surface area (Å²) in [6.07, 6.45) is 0.165. The molecule has 0 unspecified atom stereocenters. The fraction of sp³-hybridized carbons (Fsp3) is 0.600. The molecule has 2 N–H and O–H groups in total. The highest BCUT2D eigenvalue weighted by atomic mass is 17.2. The van der Waals surface area contributed by atoms with Crippen LogP contribution >= 0.6 is 0 Å². The lowest BCUT2D eigenvalue weighted by molar-refractivity contribution is -0.257. The molecule has 0 radical (unpaired) electrons. The molecule has 0 aromatic heterocycles. The molecule has 5 heteroatoms. The average Bonchev–Trinajstić information content (AvgIpc) is 1.99. The minimum atomic E-state index is -0.762. The SMILES string of the molecule is CCC(=O)OOC(=O)CN. The van der Waals surface area contributed by atoms with Crippen molar-refractivity contribution < 1.29 is 19.4 Å². The number of carbonyl (C=O) groups excluding carboxylic acids is 2. The largest absolute Gasteiger partial charge is 0.368 e. The number of hydrogen-bond donors (Lipinski definition) is 1. The first kappa shape index (κ1) is 8.90. The third-order valence-electron chi connectivity index (χ3n) is 0.683. The minimum absolute atomic E-state index is 0.165. The smallest absolute Gasteiger partial charge is 0.321 e. The summed E-state index contributed by atoms with van der Waals surface area (Å²) in [6, 6.07) is 0. The molecule has 0 aliphatic heterocycles. The third-order valence-corrected chi connectivity index (χ3v) is 0.683. The van der Waals surface area contributed by atoms with Crippen molar-refractivity contribution in [2.75, 3.05) is 6.54 Å². The van der Waals surface area contributed by atoms with Gasteiger partial charge in [-0.1, -0.05) is 6.92 Å². The fourth-order valence-electron chi connectivity index (χ4n) is 0.186. The summed E-state index contributed by atoms with van der Waals surface area (Å²) in [4.78, 5) is 28.4. The fourth-order valence-corrected chi connectivity index (χ4v) is 0.186. The van der Waals surface area contributed by atoms with Crippen molar-refractivity contribution in [2.45, 2.75) is 13.3 Å². The normalized spacial score (nSPS) is 8.60. The number of hydrogen-bond acceptors (Lipinski definition) is 5. The van der Waals surface area contributed by atoms with Crippen molar-refractivity contribution in [2.24, 2.45) is 5.73 Å². The molecule has 0 atom stereocenters. The maximum Gasteiger partial charge on any atom is 0.368 e. The van der Waals surface area contributed by atoms with E-state index in [1.165, 1.54) is 0 Å². The Morgan fingerprint density at radius 3 is 2.20 bits per heavy atom. The van der Waals surface area contributed by atoms with Crippen LogP contribution in [0.25, 0.3) is 0 Å². The zero-order valence-electron chi connectivity index (χ0n) is 5.62. The molecular weight excluding hydrogens is 138 g/mol. The lowest BCUT2D eigenvalue weighted by atomic mass is 10.5. The quantitative estimate of drug-likeness (QED) is 0.415.